The number of benzene rings is 2. The van der Waals surface area contributed by atoms with Gasteiger partial charge in [0.05, 0.1) is 5.69 Å². The highest BCUT2D eigenvalue weighted by molar-refractivity contribution is 7.89. The second-order valence-corrected chi connectivity index (χ2v) is 10.4. The summed E-state index contributed by atoms with van der Waals surface area (Å²) >= 11 is 0. The van der Waals surface area contributed by atoms with Crippen LogP contribution in [0.5, 0.6) is 0 Å². The standard InChI is InChI=1S/C24H28N4O3S/c1-17-15-23(27(3)26-17)25-24(29)21-12-10-19(11-13-21)16-28-18(2)9-14-22(32(28,30)31)20-7-5-4-6-8-20/h4-8,10-13,15,18,22H,9,14,16H2,1-3H3,(H,25,29)/t18-,22?/m0/s1. The lowest BCUT2D eigenvalue weighted by molar-refractivity contribution is 0.102. The number of rotatable bonds is 5. The first-order chi connectivity index (χ1) is 15.3. The summed E-state index contributed by atoms with van der Waals surface area (Å²) in [5, 5.41) is 6.55. The Morgan fingerprint density at radius 2 is 1.78 bits per heavy atom. The van der Waals surface area contributed by atoms with E-state index in [-0.39, 0.29) is 18.5 Å². The van der Waals surface area contributed by atoms with Crippen molar-refractivity contribution >= 4 is 21.7 Å². The van der Waals surface area contributed by atoms with E-state index in [1.165, 1.54) is 0 Å². The smallest absolute Gasteiger partial charge is 0.256 e. The zero-order valence-corrected chi connectivity index (χ0v) is 19.3. The Bertz CT molecular complexity index is 1200. The molecule has 2 atom stereocenters. The molecule has 3 aromatic rings. The third kappa shape index (κ3) is 4.47. The van der Waals surface area contributed by atoms with Crippen molar-refractivity contribution in [3.8, 4) is 0 Å². The highest BCUT2D eigenvalue weighted by Gasteiger charge is 2.40. The average Bonchev–Trinajstić information content (AvgIpc) is 3.08. The Balaban J connectivity index is 1.49. The number of carbonyl (C=O) groups is 1. The number of carbonyl (C=O) groups excluding carboxylic acids is 1. The fourth-order valence-electron chi connectivity index (χ4n) is 4.21. The zero-order chi connectivity index (χ0) is 22.9. The monoisotopic (exact) mass is 452 g/mol. The Hall–Kier alpha value is -2.97. The van der Waals surface area contributed by atoms with E-state index in [2.05, 4.69) is 10.4 Å². The molecule has 0 spiro atoms. The van der Waals surface area contributed by atoms with Crippen LogP contribution < -0.4 is 5.32 Å². The van der Waals surface area contributed by atoms with Crippen molar-refractivity contribution in [2.24, 2.45) is 7.05 Å². The molecule has 1 unspecified atom stereocenters. The minimum Gasteiger partial charge on any atom is -0.307 e. The van der Waals surface area contributed by atoms with E-state index < -0.39 is 15.3 Å². The fraction of sp³-hybridized carbons (Fsp3) is 0.333. The van der Waals surface area contributed by atoms with Crippen molar-refractivity contribution < 1.29 is 13.2 Å². The normalized spacial score (nSPS) is 20.7. The molecule has 32 heavy (non-hydrogen) atoms. The summed E-state index contributed by atoms with van der Waals surface area (Å²) in [5.41, 5.74) is 3.01. The van der Waals surface area contributed by atoms with E-state index in [0.717, 1.165) is 23.2 Å². The molecule has 1 saturated heterocycles. The van der Waals surface area contributed by atoms with Crippen LogP contribution in [0.4, 0.5) is 5.82 Å². The van der Waals surface area contributed by atoms with Crippen molar-refractivity contribution in [2.45, 2.75) is 44.5 Å². The van der Waals surface area contributed by atoms with Gasteiger partial charge in [0.25, 0.3) is 5.91 Å². The van der Waals surface area contributed by atoms with Crippen molar-refractivity contribution in [1.29, 1.82) is 0 Å². The van der Waals surface area contributed by atoms with Crippen LogP contribution in [0, 0.1) is 6.92 Å². The summed E-state index contributed by atoms with van der Waals surface area (Å²) in [5.74, 6) is 0.388. The summed E-state index contributed by atoms with van der Waals surface area (Å²) in [6, 6.07) is 18.2. The summed E-state index contributed by atoms with van der Waals surface area (Å²) in [6.07, 6.45) is 1.43. The van der Waals surface area contributed by atoms with E-state index in [1.807, 2.05) is 56.3 Å². The molecule has 1 N–H and O–H groups in total. The first-order valence-corrected chi connectivity index (χ1v) is 12.2. The molecular weight excluding hydrogens is 424 g/mol. The van der Waals surface area contributed by atoms with Gasteiger partial charge in [-0.2, -0.15) is 9.40 Å². The van der Waals surface area contributed by atoms with Gasteiger partial charge >= 0.3 is 0 Å². The first kappa shape index (κ1) is 22.2. The van der Waals surface area contributed by atoms with Crippen LogP contribution in [0.2, 0.25) is 0 Å². The largest absolute Gasteiger partial charge is 0.307 e. The van der Waals surface area contributed by atoms with E-state index in [1.54, 1.807) is 34.2 Å². The Morgan fingerprint density at radius 1 is 1.09 bits per heavy atom. The molecule has 168 valence electrons. The molecule has 2 aromatic carbocycles. The molecular formula is C24H28N4O3S. The number of hydrogen-bond acceptors (Lipinski definition) is 4. The van der Waals surface area contributed by atoms with E-state index >= 15 is 0 Å². The van der Waals surface area contributed by atoms with Gasteiger partial charge in [-0.05, 0) is 49.9 Å². The summed E-state index contributed by atoms with van der Waals surface area (Å²) in [7, 11) is -1.72. The molecule has 4 rings (SSSR count). The third-order valence-electron chi connectivity index (χ3n) is 5.99. The van der Waals surface area contributed by atoms with Crippen LogP contribution in [-0.4, -0.2) is 34.5 Å². The molecule has 1 aromatic heterocycles. The van der Waals surface area contributed by atoms with Gasteiger partial charge in [-0.3, -0.25) is 9.48 Å². The second kappa shape index (κ2) is 8.88. The molecule has 0 aliphatic carbocycles. The molecule has 8 heteroatoms. The molecule has 1 aliphatic rings. The van der Waals surface area contributed by atoms with Gasteiger partial charge in [0.15, 0.2) is 0 Å². The quantitative estimate of drug-likeness (QED) is 0.633. The molecule has 1 aliphatic heterocycles. The number of sulfonamides is 1. The summed E-state index contributed by atoms with van der Waals surface area (Å²) < 4.78 is 30.0. The SMILES string of the molecule is Cc1cc(NC(=O)c2ccc(CN3[C@@H](C)CCC(c4ccccc4)S3(=O)=O)cc2)n(C)n1. The van der Waals surface area contributed by atoms with Gasteiger partial charge in [-0.15, -0.1) is 0 Å². The maximum absolute atomic E-state index is 13.4. The molecule has 0 radical (unpaired) electrons. The Kier molecular flexibility index (Phi) is 6.17. The lowest BCUT2D eigenvalue weighted by Gasteiger charge is -2.37. The van der Waals surface area contributed by atoms with E-state index in [9.17, 15) is 13.2 Å². The van der Waals surface area contributed by atoms with Crippen molar-refractivity contribution in [1.82, 2.24) is 14.1 Å². The van der Waals surface area contributed by atoms with Crippen molar-refractivity contribution in [2.75, 3.05) is 5.32 Å². The third-order valence-corrected chi connectivity index (χ3v) is 8.36. The number of aromatic nitrogens is 2. The van der Waals surface area contributed by atoms with Crippen LogP contribution >= 0.6 is 0 Å². The number of hydrogen-bond donors (Lipinski definition) is 1. The number of nitrogens with one attached hydrogen (secondary N) is 1. The molecule has 0 saturated carbocycles. The van der Waals surface area contributed by atoms with Gasteiger partial charge < -0.3 is 5.32 Å². The van der Waals surface area contributed by atoms with Crippen LogP contribution in [0.1, 0.15) is 52.2 Å². The van der Waals surface area contributed by atoms with Gasteiger partial charge in [0.1, 0.15) is 11.1 Å². The topological polar surface area (TPSA) is 84.3 Å². The molecule has 7 nitrogen and oxygen atoms in total. The Labute approximate surface area is 189 Å². The van der Waals surface area contributed by atoms with Crippen LogP contribution in [-0.2, 0) is 23.6 Å². The van der Waals surface area contributed by atoms with Crippen LogP contribution in [0.25, 0.3) is 0 Å². The lowest BCUT2D eigenvalue weighted by Crippen LogP contribution is -2.44. The van der Waals surface area contributed by atoms with Crippen molar-refractivity contribution in [3.05, 3.63) is 83.0 Å². The molecule has 1 fully saturated rings. The molecule has 0 bridgehead atoms. The molecule has 1 amide bonds. The second-order valence-electron chi connectivity index (χ2n) is 8.36. The van der Waals surface area contributed by atoms with Gasteiger partial charge in [-0.25, -0.2) is 8.42 Å². The minimum atomic E-state index is -3.49. The maximum atomic E-state index is 13.4. The number of amides is 1. The zero-order valence-electron chi connectivity index (χ0n) is 18.5. The summed E-state index contributed by atoms with van der Waals surface area (Å²) in [4.78, 5) is 12.6. The summed E-state index contributed by atoms with van der Waals surface area (Å²) in [6.45, 7) is 4.11. The van der Waals surface area contributed by atoms with E-state index in [4.69, 9.17) is 0 Å². The first-order valence-electron chi connectivity index (χ1n) is 10.7. The highest BCUT2D eigenvalue weighted by atomic mass is 32.2. The maximum Gasteiger partial charge on any atom is 0.256 e. The highest BCUT2D eigenvalue weighted by Crippen LogP contribution is 2.38. The van der Waals surface area contributed by atoms with E-state index in [0.29, 0.717) is 17.8 Å². The van der Waals surface area contributed by atoms with Crippen LogP contribution in [0.15, 0.2) is 60.7 Å². The lowest BCUT2D eigenvalue weighted by atomic mass is 10.0. The van der Waals surface area contributed by atoms with Gasteiger partial charge in [-0.1, -0.05) is 42.5 Å². The van der Waals surface area contributed by atoms with Crippen molar-refractivity contribution in [3.63, 3.8) is 0 Å². The molecule has 2 heterocycles. The Morgan fingerprint density at radius 3 is 2.41 bits per heavy atom. The number of anilines is 1. The number of nitrogens with zero attached hydrogens (tertiary/aromatic N) is 3. The predicted molar refractivity (Wildman–Crippen MR) is 125 cm³/mol. The van der Waals surface area contributed by atoms with Gasteiger partial charge in [0, 0.05) is 31.3 Å². The number of aryl methyl sites for hydroxylation is 2. The minimum absolute atomic E-state index is 0.0731. The predicted octanol–water partition coefficient (Wildman–Crippen LogP) is 4.04. The fourth-order valence-corrected chi connectivity index (χ4v) is 6.41. The van der Waals surface area contributed by atoms with Crippen LogP contribution in [0.3, 0.4) is 0 Å². The average molecular weight is 453 g/mol. The van der Waals surface area contributed by atoms with Gasteiger partial charge in [0.2, 0.25) is 10.0 Å².